The smallest absolute Gasteiger partial charge is 0.295 e. The number of aryl methyl sites for hydroxylation is 2. The van der Waals surface area contributed by atoms with E-state index in [0.29, 0.717) is 17.5 Å². The van der Waals surface area contributed by atoms with Crippen LogP contribution in [0.3, 0.4) is 0 Å². The normalized spacial score (nSPS) is 11.6. The summed E-state index contributed by atoms with van der Waals surface area (Å²) < 4.78 is 3.35. The monoisotopic (exact) mass is 695 g/mol. The van der Waals surface area contributed by atoms with E-state index in [2.05, 4.69) is 115 Å². The second kappa shape index (κ2) is 12.5. The van der Waals surface area contributed by atoms with Crippen LogP contribution in [0, 0.1) is 0 Å². The van der Waals surface area contributed by atoms with Gasteiger partial charge in [-0.1, -0.05) is 146 Å². The molecule has 0 amide bonds. The molecule has 2 aromatic heterocycles. The average Bonchev–Trinajstić information content (AvgIpc) is 3.46. The highest BCUT2D eigenvalue weighted by atomic mass is 16.1. The fourth-order valence-corrected chi connectivity index (χ4v) is 7.75. The molecular weight excluding hydrogens is 663 g/mol. The first-order valence-electron chi connectivity index (χ1n) is 18.0. The van der Waals surface area contributed by atoms with Crippen LogP contribution in [0.25, 0.3) is 99.8 Å². The van der Waals surface area contributed by atoms with Gasteiger partial charge in [0.1, 0.15) is 0 Å². The molecule has 0 fully saturated rings. The molecule has 10 aromatic rings. The van der Waals surface area contributed by atoms with Gasteiger partial charge in [0.2, 0.25) is 0 Å². The van der Waals surface area contributed by atoms with Crippen LogP contribution in [-0.2, 0) is 14.1 Å². The molecule has 6 heteroatoms. The lowest BCUT2D eigenvalue weighted by Crippen LogP contribution is -2.19. The topological polar surface area (TPSA) is 65.6 Å². The molecule has 0 saturated heterocycles. The van der Waals surface area contributed by atoms with E-state index in [0.717, 1.165) is 50.0 Å². The van der Waals surface area contributed by atoms with Gasteiger partial charge in [0.25, 0.3) is 0 Å². The molecule has 0 spiro atoms. The molecule has 0 unspecified atom stereocenters. The standard InChI is InChI=1S/C48H33N5O/c1-52-43-27-25-36(29-44(43)53(2)48(52)54)31-18-22-34(23-19-31)47-50-45(32-10-4-3-5-11-32)49-46(51-47)33-20-16-30(17-21-33)35-24-26-41-39-14-7-6-12-37(39)38-13-8-9-15-40(38)42(41)28-35/h3-29H,1-2H3. The molecule has 0 bridgehead atoms. The van der Waals surface area contributed by atoms with Gasteiger partial charge in [-0.3, -0.25) is 9.13 Å². The Bertz CT molecular complexity index is 3090. The molecule has 0 saturated carbocycles. The molecular formula is C48H33N5O. The maximum atomic E-state index is 12.5. The molecule has 0 N–H and O–H groups in total. The summed E-state index contributed by atoms with van der Waals surface area (Å²) >= 11 is 0. The quantitative estimate of drug-likeness (QED) is 0.168. The molecule has 8 aromatic carbocycles. The van der Waals surface area contributed by atoms with Crippen molar-refractivity contribution in [2.45, 2.75) is 0 Å². The summed E-state index contributed by atoms with van der Waals surface area (Å²) in [5.41, 5.74) is 8.84. The third kappa shape index (κ3) is 5.19. The zero-order valence-electron chi connectivity index (χ0n) is 29.7. The van der Waals surface area contributed by atoms with Gasteiger partial charge >= 0.3 is 5.69 Å². The van der Waals surface area contributed by atoms with Crippen LogP contribution in [0.1, 0.15) is 0 Å². The van der Waals surface area contributed by atoms with Gasteiger partial charge in [0.05, 0.1) is 11.0 Å². The van der Waals surface area contributed by atoms with Crippen LogP contribution in [0.4, 0.5) is 0 Å². The van der Waals surface area contributed by atoms with Gasteiger partial charge < -0.3 is 0 Å². The lowest BCUT2D eigenvalue weighted by molar-refractivity contribution is 0.795. The SMILES string of the molecule is Cn1c(=O)n(C)c2cc(-c3ccc(-c4nc(-c5ccccc5)nc(-c5ccc(-c6ccc7c8ccccc8c8ccccc8c7c6)cc5)n4)cc3)ccc21. The van der Waals surface area contributed by atoms with Crippen molar-refractivity contribution < 1.29 is 0 Å². The van der Waals surface area contributed by atoms with E-state index in [9.17, 15) is 4.79 Å². The number of aromatic nitrogens is 5. The number of rotatable bonds is 5. The van der Waals surface area contributed by atoms with Crippen molar-refractivity contribution in [3.63, 3.8) is 0 Å². The third-order valence-corrected chi connectivity index (χ3v) is 10.6. The van der Waals surface area contributed by atoms with Crippen LogP contribution in [0.2, 0.25) is 0 Å². The maximum Gasteiger partial charge on any atom is 0.328 e. The van der Waals surface area contributed by atoms with E-state index in [1.807, 2.05) is 48.5 Å². The first-order valence-corrected chi connectivity index (χ1v) is 18.0. The van der Waals surface area contributed by atoms with E-state index in [-0.39, 0.29) is 5.69 Å². The number of hydrogen-bond acceptors (Lipinski definition) is 4. The Morgan fingerprint density at radius 1 is 0.333 bits per heavy atom. The Hall–Kier alpha value is -7.18. The van der Waals surface area contributed by atoms with Crippen LogP contribution < -0.4 is 5.69 Å². The predicted octanol–water partition coefficient (Wildman–Crippen LogP) is 10.9. The first kappa shape index (κ1) is 31.5. The van der Waals surface area contributed by atoms with Crippen LogP contribution in [-0.4, -0.2) is 24.1 Å². The van der Waals surface area contributed by atoms with E-state index >= 15 is 0 Å². The van der Waals surface area contributed by atoms with E-state index in [1.165, 1.54) is 32.3 Å². The predicted molar refractivity (Wildman–Crippen MR) is 221 cm³/mol. The fourth-order valence-electron chi connectivity index (χ4n) is 7.75. The zero-order valence-corrected chi connectivity index (χ0v) is 29.7. The van der Waals surface area contributed by atoms with E-state index in [1.54, 1.807) is 23.2 Å². The molecule has 0 aliphatic rings. The Morgan fingerprint density at radius 2 is 0.704 bits per heavy atom. The van der Waals surface area contributed by atoms with Crippen molar-refractivity contribution in [1.82, 2.24) is 24.1 Å². The van der Waals surface area contributed by atoms with Gasteiger partial charge in [-0.2, -0.15) is 0 Å². The fraction of sp³-hybridized carbons (Fsp3) is 0.0417. The van der Waals surface area contributed by atoms with Crippen molar-refractivity contribution in [2.24, 2.45) is 14.1 Å². The van der Waals surface area contributed by atoms with Crippen molar-refractivity contribution in [3.05, 3.63) is 174 Å². The van der Waals surface area contributed by atoms with E-state index < -0.39 is 0 Å². The molecule has 54 heavy (non-hydrogen) atoms. The van der Waals surface area contributed by atoms with E-state index in [4.69, 9.17) is 15.0 Å². The maximum absolute atomic E-state index is 12.5. The van der Waals surface area contributed by atoms with Gasteiger partial charge in [0, 0.05) is 30.8 Å². The minimum Gasteiger partial charge on any atom is -0.295 e. The Labute approximate surface area is 311 Å². The lowest BCUT2D eigenvalue weighted by Gasteiger charge is -2.12. The van der Waals surface area contributed by atoms with Crippen molar-refractivity contribution in [3.8, 4) is 56.4 Å². The van der Waals surface area contributed by atoms with Gasteiger partial charge in [0.15, 0.2) is 17.5 Å². The highest BCUT2D eigenvalue weighted by molar-refractivity contribution is 6.25. The highest BCUT2D eigenvalue weighted by Gasteiger charge is 2.15. The third-order valence-electron chi connectivity index (χ3n) is 10.6. The van der Waals surface area contributed by atoms with Crippen molar-refractivity contribution >= 4 is 43.4 Å². The Kier molecular flexibility index (Phi) is 7.30. The summed E-state index contributed by atoms with van der Waals surface area (Å²) in [6, 6.07) is 57.0. The van der Waals surface area contributed by atoms with Crippen LogP contribution in [0.5, 0.6) is 0 Å². The second-order valence-electron chi connectivity index (χ2n) is 13.8. The summed E-state index contributed by atoms with van der Waals surface area (Å²) in [6.07, 6.45) is 0. The highest BCUT2D eigenvalue weighted by Crippen LogP contribution is 2.37. The summed E-state index contributed by atoms with van der Waals surface area (Å²) in [7, 11) is 3.61. The number of fused-ring (bicyclic) bond motifs is 7. The Morgan fingerprint density at radius 3 is 1.24 bits per heavy atom. The summed E-state index contributed by atoms with van der Waals surface area (Å²) in [5, 5.41) is 7.58. The van der Waals surface area contributed by atoms with Gasteiger partial charge in [-0.15, -0.1) is 0 Å². The van der Waals surface area contributed by atoms with Crippen molar-refractivity contribution in [1.29, 1.82) is 0 Å². The number of benzene rings is 8. The molecule has 6 nitrogen and oxygen atoms in total. The van der Waals surface area contributed by atoms with Crippen molar-refractivity contribution in [2.75, 3.05) is 0 Å². The summed E-state index contributed by atoms with van der Waals surface area (Å²) in [5.74, 6) is 1.83. The first-order chi connectivity index (χ1) is 26.5. The minimum absolute atomic E-state index is 0.0387. The summed E-state index contributed by atoms with van der Waals surface area (Å²) in [6.45, 7) is 0. The average molecular weight is 696 g/mol. The molecule has 2 heterocycles. The molecule has 10 rings (SSSR count). The zero-order chi connectivity index (χ0) is 36.3. The molecule has 0 atom stereocenters. The number of imidazole rings is 1. The van der Waals surface area contributed by atoms with Gasteiger partial charge in [-0.25, -0.2) is 19.7 Å². The lowest BCUT2D eigenvalue weighted by atomic mass is 9.92. The molecule has 0 aliphatic heterocycles. The summed E-state index contributed by atoms with van der Waals surface area (Å²) in [4.78, 5) is 27.4. The Balaban J connectivity index is 1.02. The van der Waals surface area contributed by atoms with Crippen LogP contribution >= 0.6 is 0 Å². The molecule has 0 radical (unpaired) electrons. The number of hydrogen-bond donors (Lipinski definition) is 0. The molecule has 256 valence electrons. The number of nitrogens with zero attached hydrogens (tertiary/aromatic N) is 5. The largest absolute Gasteiger partial charge is 0.328 e. The minimum atomic E-state index is -0.0387. The molecule has 0 aliphatic carbocycles. The van der Waals surface area contributed by atoms with Crippen LogP contribution in [0.15, 0.2) is 169 Å². The second-order valence-corrected chi connectivity index (χ2v) is 13.8. The van der Waals surface area contributed by atoms with Gasteiger partial charge in [-0.05, 0) is 72.8 Å².